The highest BCUT2D eigenvalue weighted by Gasteiger charge is 2.34. The van der Waals surface area contributed by atoms with Crippen LogP contribution in [0.3, 0.4) is 0 Å². The molecule has 2 aromatic rings. The zero-order chi connectivity index (χ0) is 22.1. The molecule has 0 radical (unpaired) electrons. The van der Waals surface area contributed by atoms with E-state index in [0.717, 1.165) is 12.1 Å². The maximum Gasteiger partial charge on any atom is 0.418 e. The number of morpholine rings is 1. The number of carbonyl (C=O) groups is 1. The number of hydrogen-bond donors (Lipinski definition) is 1. The average Bonchev–Trinajstić information content (AvgIpc) is 2.69. The van der Waals surface area contributed by atoms with Crippen molar-refractivity contribution >= 4 is 44.8 Å². The highest BCUT2D eigenvalue weighted by Crippen LogP contribution is 2.37. The third kappa shape index (κ3) is 4.89. The zero-order valence-electron chi connectivity index (χ0n) is 15.2. The summed E-state index contributed by atoms with van der Waals surface area (Å²) in [5.41, 5.74) is -1.96. The number of amides is 1. The van der Waals surface area contributed by atoms with Crippen molar-refractivity contribution in [1.29, 1.82) is 0 Å². The van der Waals surface area contributed by atoms with Crippen molar-refractivity contribution < 1.29 is 31.1 Å². The predicted octanol–water partition coefficient (Wildman–Crippen LogP) is 4.29. The highest BCUT2D eigenvalue weighted by atomic mass is 35.5. The average molecular weight is 483 g/mol. The lowest BCUT2D eigenvalue weighted by molar-refractivity contribution is -0.136. The van der Waals surface area contributed by atoms with E-state index < -0.39 is 33.4 Å². The summed E-state index contributed by atoms with van der Waals surface area (Å²) in [5, 5.41) is 1.86. The van der Waals surface area contributed by atoms with Crippen molar-refractivity contribution in [2.24, 2.45) is 0 Å². The lowest BCUT2D eigenvalue weighted by atomic mass is 10.1. The number of anilines is 1. The summed E-state index contributed by atoms with van der Waals surface area (Å²) in [6.45, 7) is 0.756. The summed E-state index contributed by atoms with van der Waals surface area (Å²) in [5.74, 6) is -0.994. The first-order valence-corrected chi connectivity index (χ1v) is 10.8. The van der Waals surface area contributed by atoms with Crippen molar-refractivity contribution in [2.75, 3.05) is 31.6 Å². The summed E-state index contributed by atoms with van der Waals surface area (Å²) in [7, 11) is -3.93. The molecule has 0 aliphatic carbocycles. The van der Waals surface area contributed by atoms with Crippen LogP contribution in [0.15, 0.2) is 41.3 Å². The molecule has 1 saturated heterocycles. The van der Waals surface area contributed by atoms with Crippen molar-refractivity contribution in [2.45, 2.75) is 11.1 Å². The van der Waals surface area contributed by atoms with Crippen molar-refractivity contribution in [3.63, 3.8) is 0 Å². The van der Waals surface area contributed by atoms with Gasteiger partial charge in [0.25, 0.3) is 5.91 Å². The lowest BCUT2D eigenvalue weighted by Gasteiger charge is -2.26. The van der Waals surface area contributed by atoms with Gasteiger partial charge in [-0.15, -0.1) is 0 Å². The number of hydrogen-bond acceptors (Lipinski definition) is 4. The number of carbonyl (C=O) groups excluding carboxylic acids is 1. The molecule has 1 N–H and O–H groups in total. The van der Waals surface area contributed by atoms with Crippen molar-refractivity contribution in [1.82, 2.24) is 4.31 Å². The Hall–Kier alpha value is -1.85. The van der Waals surface area contributed by atoms with E-state index in [9.17, 15) is 26.4 Å². The molecular weight excluding hydrogens is 468 g/mol. The number of sulfonamides is 1. The van der Waals surface area contributed by atoms with Crippen molar-refractivity contribution in [3.8, 4) is 0 Å². The third-order valence-electron chi connectivity index (χ3n) is 4.33. The summed E-state index contributed by atoms with van der Waals surface area (Å²) < 4.78 is 71.7. The van der Waals surface area contributed by atoms with Gasteiger partial charge in [-0.1, -0.05) is 23.2 Å². The minimum absolute atomic E-state index is 0.115. The smallest absolute Gasteiger partial charge is 0.379 e. The van der Waals surface area contributed by atoms with Crippen LogP contribution < -0.4 is 5.32 Å². The van der Waals surface area contributed by atoms with Gasteiger partial charge in [0.05, 0.1) is 39.9 Å². The van der Waals surface area contributed by atoms with Crippen LogP contribution in [-0.4, -0.2) is 44.9 Å². The molecule has 162 valence electrons. The fourth-order valence-electron chi connectivity index (χ4n) is 2.82. The number of nitrogens with one attached hydrogen (secondary N) is 1. The maximum absolute atomic E-state index is 13.3. The van der Waals surface area contributed by atoms with Gasteiger partial charge in [0.2, 0.25) is 10.0 Å². The molecule has 6 nitrogen and oxygen atoms in total. The van der Waals surface area contributed by atoms with Gasteiger partial charge in [-0.05, 0) is 36.4 Å². The molecule has 0 atom stereocenters. The van der Waals surface area contributed by atoms with Crippen LogP contribution in [0.2, 0.25) is 10.0 Å². The molecule has 1 fully saturated rings. The Kier molecular flexibility index (Phi) is 6.63. The van der Waals surface area contributed by atoms with E-state index in [4.69, 9.17) is 27.9 Å². The van der Waals surface area contributed by atoms with Crippen LogP contribution in [0.25, 0.3) is 0 Å². The van der Waals surface area contributed by atoms with Crippen LogP contribution in [0.5, 0.6) is 0 Å². The van der Waals surface area contributed by atoms with Gasteiger partial charge < -0.3 is 10.1 Å². The van der Waals surface area contributed by atoms with Crippen molar-refractivity contribution in [3.05, 3.63) is 57.6 Å². The Balaban J connectivity index is 1.94. The standard InChI is InChI=1S/C18H15Cl2F3N2O4S/c19-11-1-4-16(14(9-11)18(21,22)23)24-17(26)13-10-12(2-3-15(13)20)30(27,28)25-5-7-29-8-6-25/h1-4,9-10H,5-8H2,(H,24,26). The summed E-state index contributed by atoms with van der Waals surface area (Å²) in [6.07, 6.45) is -4.77. The molecular formula is C18H15Cl2F3N2O4S. The number of alkyl halides is 3. The molecule has 2 aromatic carbocycles. The van der Waals surface area contributed by atoms with E-state index in [1.165, 1.54) is 22.5 Å². The molecule has 0 unspecified atom stereocenters. The van der Waals surface area contributed by atoms with Crippen LogP contribution in [0.1, 0.15) is 15.9 Å². The molecule has 12 heteroatoms. The number of benzene rings is 2. The molecule has 0 saturated carbocycles. The fraction of sp³-hybridized carbons (Fsp3) is 0.278. The van der Waals surface area contributed by atoms with Crippen LogP contribution >= 0.6 is 23.2 Å². The number of rotatable bonds is 4. The molecule has 0 bridgehead atoms. The predicted molar refractivity (Wildman–Crippen MR) is 105 cm³/mol. The van der Waals surface area contributed by atoms with E-state index >= 15 is 0 Å². The molecule has 1 amide bonds. The highest BCUT2D eigenvalue weighted by molar-refractivity contribution is 7.89. The van der Waals surface area contributed by atoms with E-state index in [0.29, 0.717) is 6.07 Å². The number of halogens is 5. The summed E-state index contributed by atoms with van der Waals surface area (Å²) >= 11 is 11.6. The molecule has 1 aliphatic rings. The Morgan fingerprint density at radius 1 is 1.07 bits per heavy atom. The molecule has 1 heterocycles. The molecule has 3 rings (SSSR count). The Morgan fingerprint density at radius 3 is 2.37 bits per heavy atom. The van der Waals surface area contributed by atoms with Crippen LogP contribution in [0.4, 0.5) is 18.9 Å². The molecule has 1 aliphatic heterocycles. The van der Waals surface area contributed by atoms with Gasteiger partial charge in [0.1, 0.15) is 0 Å². The van der Waals surface area contributed by atoms with E-state index in [1.807, 2.05) is 0 Å². The Labute approximate surface area is 180 Å². The van der Waals surface area contributed by atoms with Gasteiger partial charge in [0.15, 0.2) is 0 Å². The van der Waals surface area contributed by atoms with Gasteiger partial charge in [-0.25, -0.2) is 8.42 Å². The SMILES string of the molecule is O=C(Nc1ccc(Cl)cc1C(F)(F)F)c1cc(S(=O)(=O)N2CCOCC2)ccc1Cl. The van der Waals surface area contributed by atoms with Gasteiger partial charge >= 0.3 is 6.18 Å². The Bertz CT molecular complexity index is 1070. The first-order valence-electron chi connectivity index (χ1n) is 8.55. The first kappa shape index (κ1) is 22.8. The minimum atomic E-state index is -4.77. The lowest BCUT2D eigenvalue weighted by Crippen LogP contribution is -2.40. The van der Waals surface area contributed by atoms with Gasteiger partial charge in [0, 0.05) is 18.1 Å². The molecule has 0 spiro atoms. The summed E-state index contributed by atoms with van der Waals surface area (Å²) in [4.78, 5) is 12.4. The number of ether oxygens (including phenoxy) is 1. The van der Waals surface area contributed by atoms with Gasteiger partial charge in [-0.2, -0.15) is 17.5 Å². The second-order valence-electron chi connectivity index (χ2n) is 6.30. The fourth-order valence-corrected chi connectivity index (χ4v) is 4.63. The van der Waals surface area contributed by atoms with E-state index in [2.05, 4.69) is 5.32 Å². The normalized spacial score (nSPS) is 15.8. The third-order valence-corrected chi connectivity index (χ3v) is 6.78. The van der Waals surface area contributed by atoms with E-state index in [-0.39, 0.29) is 46.8 Å². The molecule has 30 heavy (non-hydrogen) atoms. The topological polar surface area (TPSA) is 75.7 Å². The van der Waals surface area contributed by atoms with Gasteiger partial charge in [-0.3, -0.25) is 4.79 Å². The van der Waals surface area contributed by atoms with E-state index in [1.54, 1.807) is 0 Å². The zero-order valence-corrected chi connectivity index (χ0v) is 17.5. The van der Waals surface area contributed by atoms with Crippen LogP contribution in [-0.2, 0) is 20.9 Å². The minimum Gasteiger partial charge on any atom is -0.379 e. The number of nitrogens with zero attached hydrogens (tertiary/aromatic N) is 1. The summed E-state index contributed by atoms with van der Waals surface area (Å²) in [6, 6.07) is 6.34. The van der Waals surface area contributed by atoms with Crippen LogP contribution in [0, 0.1) is 0 Å². The Morgan fingerprint density at radius 2 is 1.73 bits per heavy atom. The quantitative estimate of drug-likeness (QED) is 0.705. The monoisotopic (exact) mass is 482 g/mol. The first-order chi connectivity index (χ1) is 14.0. The second kappa shape index (κ2) is 8.72. The maximum atomic E-state index is 13.3. The molecule has 0 aromatic heterocycles. The second-order valence-corrected chi connectivity index (χ2v) is 9.08. The largest absolute Gasteiger partial charge is 0.418 e.